The third kappa shape index (κ3) is 3.61. The van der Waals surface area contributed by atoms with E-state index in [0.29, 0.717) is 16.8 Å². The first-order valence-electron chi connectivity index (χ1n) is 7.87. The SMILES string of the molecule is COC(=O)c1cc(CNC(=O)c2cnc3ccccc3n2)ccc1OC. The summed E-state index contributed by atoms with van der Waals surface area (Å²) in [5, 5.41) is 2.77. The fourth-order valence-corrected chi connectivity index (χ4v) is 2.47. The molecule has 0 radical (unpaired) electrons. The van der Waals surface area contributed by atoms with Crippen LogP contribution < -0.4 is 10.1 Å². The van der Waals surface area contributed by atoms with Crippen molar-refractivity contribution in [1.82, 2.24) is 15.3 Å². The maximum atomic E-state index is 12.3. The average molecular weight is 351 g/mol. The second-order valence-corrected chi connectivity index (χ2v) is 5.45. The van der Waals surface area contributed by atoms with E-state index in [1.807, 2.05) is 18.2 Å². The van der Waals surface area contributed by atoms with Gasteiger partial charge < -0.3 is 14.8 Å². The van der Waals surface area contributed by atoms with Gasteiger partial charge in [0.05, 0.1) is 31.4 Å². The third-order valence-electron chi connectivity index (χ3n) is 3.80. The van der Waals surface area contributed by atoms with Crippen LogP contribution in [0.5, 0.6) is 5.75 Å². The van der Waals surface area contributed by atoms with Gasteiger partial charge >= 0.3 is 5.97 Å². The molecule has 7 heteroatoms. The second-order valence-electron chi connectivity index (χ2n) is 5.45. The maximum absolute atomic E-state index is 12.3. The molecule has 1 heterocycles. The van der Waals surface area contributed by atoms with Crippen LogP contribution in [0, 0.1) is 0 Å². The van der Waals surface area contributed by atoms with Crippen LogP contribution in [-0.4, -0.2) is 36.1 Å². The molecule has 3 aromatic rings. The van der Waals surface area contributed by atoms with E-state index in [1.54, 1.807) is 24.3 Å². The summed E-state index contributed by atoms with van der Waals surface area (Å²) in [6, 6.07) is 12.4. The molecule has 0 spiro atoms. The minimum absolute atomic E-state index is 0.224. The van der Waals surface area contributed by atoms with Crippen molar-refractivity contribution >= 4 is 22.9 Å². The van der Waals surface area contributed by atoms with Gasteiger partial charge in [-0.25, -0.2) is 9.78 Å². The second kappa shape index (κ2) is 7.60. The number of methoxy groups -OCH3 is 2. The van der Waals surface area contributed by atoms with Gasteiger partial charge in [-0.2, -0.15) is 0 Å². The summed E-state index contributed by atoms with van der Waals surface area (Å²) in [5.41, 5.74) is 2.63. The number of nitrogens with one attached hydrogen (secondary N) is 1. The first-order chi connectivity index (χ1) is 12.6. The van der Waals surface area contributed by atoms with Crippen molar-refractivity contribution in [2.75, 3.05) is 14.2 Å². The molecule has 0 aliphatic carbocycles. The van der Waals surface area contributed by atoms with E-state index in [1.165, 1.54) is 20.4 Å². The molecule has 1 amide bonds. The monoisotopic (exact) mass is 351 g/mol. The van der Waals surface area contributed by atoms with Crippen LogP contribution in [0.4, 0.5) is 0 Å². The third-order valence-corrected chi connectivity index (χ3v) is 3.80. The van der Waals surface area contributed by atoms with Gasteiger partial charge in [-0.05, 0) is 29.8 Å². The average Bonchev–Trinajstić information content (AvgIpc) is 2.70. The van der Waals surface area contributed by atoms with Crippen LogP contribution in [0.15, 0.2) is 48.7 Å². The molecule has 1 aromatic heterocycles. The number of benzene rings is 2. The van der Waals surface area contributed by atoms with Gasteiger partial charge in [-0.3, -0.25) is 9.78 Å². The first-order valence-corrected chi connectivity index (χ1v) is 7.87. The molecule has 0 saturated carbocycles. The van der Waals surface area contributed by atoms with Gasteiger partial charge in [0, 0.05) is 6.54 Å². The number of aromatic nitrogens is 2. The summed E-state index contributed by atoms with van der Waals surface area (Å²) in [5.74, 6) is -0.443. The van der Waals surface area contributed by atoms with Crippen LogP contribution in [0.2, 0.25) is 0 Å². The zero-order valence-corrected chi connectivity index (χ0v) is 14.4. The van der Waals surface area contributed by atoms with Gasteiger partial charge in [-0.1, -0.05) is 18.2 Å². The Kier molecular flexibility index (Phi) is 5.07. The van der Waals surface area contributed by atoms with E-state index in [9.17, 15) is 9.59 Å². The van der Waals surface area contributed by atoms with Crippen LogP contribution in [0.1, 0.15) is 26.4 Å². The predicted molar refractivity (Wildman–Crippen MR) is 95.0 cm³/mol. The number of amides is 1. The quantitative estimate of drug-likeness (QED) is 0.710. The Balaban J connectivity index is 1.75. The largest absolute Gasteiger partial charge is 0.496 e. The van der Waals surface area contributed by atoms with E-state index in [2.05, 4.69) is 15.3 Å². The molecule has 1 N–H and O–H groups in total. The number of esters is 1. The Morgan fingerprint density at radius 3 is 2.58 bits per heavy atom. The zero-order valence-electron chi connectivity index (χ0n) is 14.4. The summed E-state index contributed by atoms with van der Waals surface area (Å²) >= 11 is 0. The minimum Gasteiger partial charge on any atom is -0.496 e. The van der Waals surface area contributed by atoms with Gasteiger partial charge in [0.1, 0.15) is 17.0 Å². The molecular weight excluding hydrogens is 334 g/mol. The lowest BCUT2D eigenvalue weighted by molar-refractivity contribution is 0.0597. The number of para-hydroxylation sites is 2. The Bertz CT molecular complexity index is 972. The molecule has 2 aromatic carbocycles. The Labute approximate surface area is 150 Å². The van der Waals surface area contributed by atoms with E-state index in [4.69, 9.17) is 9.47 Å². The fraction of sp³-hybridized carbons (Fsp3) is 0.158. The summed E-state index contributed by atoms with van der Waals surface area (Å²) in [4.78, 5) is 32.7. The highest BCUT2D eigenvalue weighted by Gasteiger charge is 2.14. The van der Waals surface area contributed by atoms with Crippen molar-refractivity contribution in [2.45, 2.75) is 6.54 Å². The number of fused-ring (bicyclic) bond motifs is 1. The summed E-state index contributed by atoms with van der Waals surface area (Å²) < 4.78 is 9.90. The Hall–Kier alpha value is -3.48. The number of carbonyl (C=O) groups is 2. The van der Waals surface area contributed by atoms with Gasteiger partial charge in [0.25, 0.3) is 5.91 Å². The summed E-state index contributed by atoms with van der Waals surface area (Å²) in [7, 11) is 2.77. The van der Waals surface area contributed by atoms with Crippen molar-refractivity contribution in [3.8, 4) is 5.75 Å². The van der Waals surface area contributed by atoms with Gasteiger partial charge in [0.2, 0.25) is 0 Å². The van der Waals surface area contributed by atoms with Crippen molar-refractivity contribution in [3.05, 3.63) is 65.5 Å². The van der Waals surface area contributed by atoms with Crippen LogP contribution in [-0.2, 0) is 11.3 Å². The maximum Gasteiger partial charge on any atom is 0.341 e. The summed E-state index contributed by atoms with van der Waals surface area (Å²) in [6.45, 7) is 0.224. The predicted octanol–water partition coefficient (Wildman–Crippen LogP) is 2.36. The zero-order chi connectivity index (χ0) is 18.5. The highest BCUT2D eigenvalue weighted by Crippen LogP contribution is 2.20. The molecule has 0 unspecified atom stereocenters. The molecule has 0 aliphatic heterocycles. The molecular formula is C19H17N3O4. The smallest absolute Gasteiger partial charge is 0.341 e. The van der Waals surface area contributed by atoms with Crippen LogP contribution >= 0.6 is 0 Å². The lowest BCUT2D eigenvalue weighted by Crippen LogP contribution is -2.24. The molecule has 132 valence electrons. The minimum atomic E-state index is -0.504. The molecule has 0 saturated heterocycles. The van der Waals surface area contributed by atoms with Crippen LogP contribution in [0.25, 0.3) is 11.0 Å². The number of rotatable bonds is 5. The number of hydrogen-bond donors (Lipinski definition) is 1. The molecule has 3 rings (SSSR count). The molecule has 26 heavy (non-hydrogen) atoms. The van der Waals surface area contributed by atoms with Crippen LogP contribution in [0.3, 0.4) is 0 Å². The lowest BCUT2D eigenvalue weighted by Gasteiger charge is -2.10. The van der Waals surface area contributed by atoms with Crippen molar-refractivity contribution < 1.29 is 19.1 Å². The Morgan fingerprint density at radius 1 is 1.08 bits per heavy atom. The standard InChI is InChI=1S/C19H17N3O4/c1-25-17-8-7-12(9-13(17)19(24)26-2)10-21-18(23)16-11-20-14-5-3-4-6-15(14)22-16/h3-9,11H,10H2,1-2H3,(H,21,23). The fourth-order valence-electron chi connectivity index (χ4n) is 2.47. The molecule has 0 bridgehead atoms. The molecule has 7 nitrogen and oxygen atoms in total. The molecule has 0 aliphatic rings. The van der Waals surface area contributed by atoms with E-state index in [-0.39, 0.29) is 18.1 Å². The van der Waals surface area contributed by atoms with E-state index >= 15 is 0 Å². The number of ether oxygens (including phenoxy) is 2. The van der Waals surface area contributed by atoms with Crippen molar-refractivity contribution in [3.63, 3.8) is 0 Å². The highest BCUT2D eigenvalue weighted by atomic mass is 16.5. The topological polar surface area (TPSA) is 90.4 Å². The summed E-state index contributed by atoms with van der Waals surface area (Å²) in [6.07, 6.45) is 1.44. The first kappa shape index (κ1) is 17.3. The van der Waals surface area contributed by atoms with Crippen molar-refractivity contribution in [2.24, 2.45) is 0 Å². The molecule has 0 atom stereocenters. The lowest BCUT2D eigenvalue weighted by atomic mass is 10.1. The number of carbonyl (C=O) groups excluding carboxylic acids is 2. The number of hydrogen-bond acceptors (Lipinski definition) is 6. The normalized spacial score (nSPS) is 10.4. The van der Waals surface area contributed by atoms with Gasteiger partial charge in [0.15, 0.2) is 0 Å². The molecule has 0 fully saturated rings. The van der Waals surface area contributed by atoms with Gasteiger partial charge in [-0.15, -0.1) is 0 Å². The Morgan fingerprint density at radius 2 is 1.85 bits per heavy atom. The highest BCUT2D eigenvalue weighted by molar-refractivity contribution is 5.94. The van der Waals surface area contributed by atoms with E-state index < -0.39 is 5.97 Å². The van der Waals surface area contributed by atoms with E-state index in [0.717, 1.165) is 11.1 Å². The van der Waals surface area contributed by atoms with Crippen molar-refractivity contribution in [1.29, 1.82) is 0 Å². The number of nitrogens with zero attached hydrogens (tertiary/aromatic N) is 2.